The largest absolute Gasteiger partial charge is 0.340 e. The number of thiophene rings is 1. The first-order valence-corrected chi connectivity index (χ1v) is 6.53. The smallest absolute Gasteiger partial charge is 0.263 e. The van der Waals surface area contributed by atoms with Gasteiger partial charge in [0.1, 0.15) is 0 Å². The Morgan fingerprint density at radius 3 is 2.79 bits per heavy atom. The van der Waals surface area contributed by atoms with Crippen LogP contribution in [-0.4, -0.2) is 29.7 Å². The van der Waals surface area contributed by atoms with E-state index in [0.29, 0.717) is 0 Å². The number of halogens is 1. The van der Waals surface area contributed by atoms with E-state index >= 15 is 0 Å². The maximum Gasteiger partial charge on any atom is 0.263 e. The summed E-state index contributed by atoms with van der Waals surface area (Å²) in [6, 6.07) is 3.94. The summed E-state index contributed by atoms with van der Waals surface area (Å²) in [6.07, 6.45) is 1.00. The number of amides is 1. The van der Waals surface area contributed by atoms with Crippen LogP contribution in [0, 0.1) is 0 Å². The fourth-order valence-corrected chi connectivity index (χ4v) is 2.57. The molecule has 0 unspecified atom stereocenters. The van der Waals surface area contributed by atoms with Crippen LogP contribution in [-0.2, 0) is 6.42 Å². The highest BCUT2D eigenvalue weighted by Gasteiger charge is 2.12. The molecule has 0 saturated carbocycles. The van der Waals surface area contributed by atoms with Crippen molar-refractivity contribution in [2.24, 2.45) is 0 Å². The molecular weight excluding hydrogens is 262 g/mol. The lowest BCUT2D eigenvalue weighted by molar-refractivity contribution is 0.0809. The number of carbonyl (C=O) groups excluding carboxylic acids is 1. The summed E-state index contributed by atoms with van der Waals surface area (Å²) < 4.78 is 0. The molecule has 4 heteroatoms. The molecule has 0 N–H and O–H groups in total. The molecule has 1 amide bonds. The molecule has 1 aromatic heterocycles. The quantitative estimate of drug-likeness (QED) is 0.774. The van der Waals surface area contributed by atoms with Crippen molar-refractivity contribution in [2.75, 3.05) is 18.9 Å². The predicted octanol–water partition coefficient (Wildman–Crippen LogP) is 2.78. The molecule has 1 rings (SSSR count). The molecule has 0 aliphatic carbocycles. The molecular formula is C10H14BrNOS. The van der Waals surface area contributed by atoms with Crippen LogP contribution >= 0.6 is 27.3 Å². The standard InChI is InChI=1S/C10H14BrNOS/c1-3-8-4-5-9(14-8)10(13)12(2)7-6-11/h4-5H,3,6-7H2,1-2H3. The first kappa shape index (κ1) is 11.7. The second-order valence-corrected chi connectivity index (χ2v) is 5.00. The van der Waals surface area contributed by atoms with E-state index in [2.05, 4.69) is 22.9 Å². The molecule has 0 saturated heterocycles. The number of carbonyl (C=O) groups is 1. The zero-order valence-corrected chi connectivity index (χ0v) is 10.8. The minimum Gasteiger partial charge on any atom is -0.340 e. The van der Waals surface area contributed by atoms with E-state index in [-0.39, 0.29) is 5.91 Å². The van der Waals surface area contributed by atoms with E-state index in [1.165, 1.54) is 4.88 Å². The zero-order valence-electron chi connectivity index (χ0n) is 8.42. The number of hydrogen-bond donors (Lipinski definition) is 0. The van der Waals surface area contributed by atoms with Gasteiger partial charge in [0.25, 0.3) is 5.91 Å². The number of aryl methyl sites for hydroxylation is 1. The molecule has 0 radical (unpaired) electrons. The van der Waals surface area contributed by atoms with Crippen LogP contribution in [0.4, 0.5) is 0 Å². The molecule has 0 fully saturated rings. The van der Waals surface area contributed by atoms with Crippen LogP contribution < -0.4 is 0 Å². The van der Waals surface area contributed by atoms with Gasteiger partial charge in [-0.2, -0.15) is 0 Å². The second kappa shape index (κ2) is 5.51. The molecule has 0 spiro atoms. The van der Waals surface area contributed by atoms with Gasteiger partial charge >= 0.3 is 0 Å². The first-order valence-electron chi connectivity index (χ1n) is 4.59. The van der Waals surface area contributed by atoms with Gasteiger partial charge in [0.15, 0.2) is 0 Å². The van der Waals surface area contributed by atoms with Crippen LogP contribution in [0.1, 0.15) is 21.5 Å². The minimum absolute atomic E-state index is 0.120. The lowest BCUT2D eigenvalue weighted by Gasteiger charge is -2.13. The van der Waals surface area contributed by atoms with E-state index in [1.54, 1.807) is 16.2 Å². The van der Waals surface area contributed by atoms with Crippen molar-refractivity contribution in [2.45, 2.75) is 13.3 Å². The van der Waals surface area contributed by atoms with Crippen molar-refractivity contribution >= 4 is 33.2 Å². The van der Waals surface area contributed by atoms with E-state index in [1.807, 2.05) is 19.2 Å². The minimum atomic E-state index is 0.120. The molecule has 0 bridgehead atoms. The highest BCUT2D eigenvalue weighted by Crippen LogP contribution is 2.18. The van der Waals surface area contributed by atoms with Gasteiger partial charge in [-0.05, 0) is 18.6 Å². The van der Waals surface area contributed by atoms with Crippen molar-refractivity contribution in [3.63, 3.8) is 0 Å². The van der Waals surface area contributed by atoms with Gasteiger partial charge in [-0.25, -0.2) is 0 Å². The molecule has 0 aliphatic rings. The average Bonchev–Trinajstić information content (AvgIpc) is 2.65. The third kappa shape index (κ3) is 2.82. The molecule has 0 atom stereocenters. The van der Waals surface area contributed by atoms with Crippen molar-refractivity contribution in [1.29, 1.82) is 0 Å². The molecule has 2 nitrogen and oxygen atoms in total. The summed E-state index contributed by atoms with van der Waals surface area (Å²) in [5.74, 6) is 0.120. The monoisotopic (exact) mass is 275 g/mol. The van der Waals surface area contributed by atoms with Gasteiger partial charge in [-0.1, -0.05) is 22.9 Å². The summed E-state index contributed by atoms with van der Waals surface area (Å²) in [6.45, 7) is 2.85. The maximum absolute atomic E-state index is 11.8. The van der Waals surface area contributed by atoms with E-state index in [9.17, 15) is 4.79 Å². The lowest BCUT2D eigenvalue weighted by atomic mass is 10.3. The Balaban J connectivity index is 2.68. The van der Waals surface area contributed by atoms with E-state index in [4.69, 9.17) is 0 Å². The lowest BCUT2D eigenvalue weighted by Crippen LogP contribution is -2.27. The average molecular weight is 276 g/mol. The number of nitrogens with zero attached hydrogens (tertiary/aromatic N) is 1. The SMILES string of the molecule is CCc1ccc(C(=O)N(C)CCBr)s1. The number of alkyl halides is 1. The first-order chi connectivity index (χ1) is 6.69. The summed E-state index contributed by atoms with van der Waals surface area (Å²) in [7, 11) is 1.83. The van der Waals surface area contributed by atoms with Crippen LogP contribution in [0.15, 0.2) is 12.1 Å². The van der Waals surface area contributed by atoms with Crippen LogP contribution in [0.2, 0.25) is 0 Å². The Hall–Kier alpha value is -0.350. The molecule has 1 aromatic rings. The Morgan fingerprint density at radius 2 is 2.29 bits per heavy atom. The van der Waals surface area contributed by atoms with Crippen LogP contribution in [0.25, 0.3) is 0 Å². The third-order valence-corrected chi connectivity index (χ3v) is 3.56. The highest BCUT2D eigenvalue weighted by atomic mass is 79.9. The summed E-state index contributed by atoms with van der Waals surface area (Å²) in [4.78, 5) is 15.6. The normalized spacial score (nSPS) is 10.2. The van der Waals surface area contributed by atoms with Crippen molar-refractivity contribution in [1.82, 2.24) is 4.90 Å². The van der Waals surface area contributed by atoms with Gasteiger partial charge in [0.2, 0.25) is 0 Å². The van der Waals surface area contributed by atoms with Crippen LogP contribution in [0.3, 0.4) is 0 Å². The Morgan fingerprint density at radius 1 is 1.57 bits per heavy atom. The Kier molecular flexibility index (Phi) is 4.62. The Bertz CT molecular complexity index is 311. The van der Waals surface area contributed by atoms with Gasteiger partial charge in [-0.3, -0.25) is 4.79 Å². The summed E-state index contributed by atoms with van der Waals surface area (Å²) >= 11 is 4.91. The molecule has 1 heterocycles. The van der Waals surface area contributed by atoms with E-state index < -0.39 is 0 Å². The third-order valence-electron chi connectivity index (χ3n) is 1.99. The maximum atomic E-state index is 11.8. The molecule has 78 valence electrons. The summed E-state index contributed by atoms with van der Waals surface area (Å²) in [5, 5.41) is 0.821. The summed E-state index contributed by atoms with van der Waals surface area (Å²) in [5.41, 5.74) is 0. The fraction of sp³-hybridized carbons (Fsp3) is 0.500. The Labute approximate surface area is 97.1 Å². The predicted molar refractivity (Wildman–Crippen MR) is 64.5 cm³/mol. The second-order valence-electron chi connectivity index (χ2n) is 3.04. The molecule has 0 aromatic carbocycles. The number of hydrogen-bond acceptors (Lipinski definition) is 2. The topological polar surface area (TPSA) is 20.3 Å². The van der Waals surface area contributed by atoms with Crippen molar-refractivity contribution in [3.8, 4) is 0 Å². The van der Waals surface area contributed by atoms with Gasteiger partial charge < -0.3 is 4.90 Å². The fourth-order valence-electron chi connectivity index (χ4n) is 1.10. The highest BCUT2D eigenvalue weighted by molar-refractivity contribution is 9.09. The van der Waals surface area contributed by atoms with Gasteiger partial charge in [-0.15, -0.1) is 11.3 Å². The zero-order chi connectivity index (χ0) is 10.6. The van der Waals surface area contributed by atoms with E-state index in [0.717, 1.165) is 23.2 Å². The van der Waals surface area contributed by atoms with Crippen molar-refractivity contribution < 1.29 is 4.79 Å². The van der Waals surface area contributed by atoms with Crippen molar-refractivity contribution in [3.05, 3.63) is 21.9 Å². The number of rotatable bonds is 4. The molecule has 0 aliphatic heterocycles. The molecule has 14 heavy (non-hydrogen) atoms. The van der Waals surface area contributed by atoms with Gasteiger partial charge in [0, 0.05) is 23.8 Å². The van der Waals surface area contributed by atoms with Crippen LogP contribution in [0.5, 0.6) is 0 Å². The van der Waals surface area contributed by atoms with Gasteiger partial charge in [0.05, 0.1) is 4.88 Å².